The SMILES string of the molecule is O=C(CC1CCCO1)c1c[nH]c2ccc(F)cc12. The third-order valence-corrected chi connectivity index (χ3v) is 3.38. The van der Waals surface area contributed by atoms with Crippen molar-refractivity contribution in [3.05, 3.63) is 35.8 Å². The Morgan fingerprint density at radius 3 is 3.17 bits per heavy atom. The van der Waals surface area contributed by atoms with Crippen molar-refractivity contribution in [2.75, 3.05) is 6.61 Å². The third-order valence-electron chi connectivity index (χ3n) is 3.38. The number of Topliss-reactive ketones (excluding diaryl/α,β-unsaturated/α-hetero) is 1. The van der Waals surface area contributed by atoms with E-state index >= 15 is 0 Å². The normalized spacial score (nSPS) is 19.5. The fraction of sp³-hybridized carbons (Fsp3) is 0.357. The summed E-state index contributed by atoms with van der Waals surface area (Å²) in [6.45, 7) is 0.737. The Bertz CT molecular complexity index is 584. The molecule has 2 heterocycles. The first-order chi connectivity index (χ1) is 8.74. The van der Waals surface area contributed by atoms with Crippen LogP contribution in [-0.2, 0) is 4.74 Å². The van der Waals surface area contributed by atoms with Gasteiger partial charge in [-0.05, 0) is 31.0 Å². The van der Waals surface area contributed by atoms with E-state index in [2.05, 4.69) is 4.98 Å². The molecule has 0 spiro atoms. The number of hydrogen-bond donors (Lipinski definition) is 1. The predicted molar refractivity (Wildman–Crippen MR) is 66.2 cm³/mol. The molecule has 1 aliphatic rings. The minimum absolute atomic E-state index is 0.0127. The highest BCUT2D eigenvalue weighted by molar-refractivity contribution is 6.08. The summed E-state index contributed by atoms with van der Waals surface area (Å²) in [7, 11) is 0. The van der Waals surface area contributed by atoms with Crippen LogP contribution >= 0.6 is 0 Å². The van der Waals surface area contributed by atoms with Gasteiger partial charge in [-0.2, -0.15) is 0 Å². The van der Waals surface area contributed by atoms with Crippen molar-refractivity contribution in [1.82, 2.24) is 4.98 Å². The largest absolute Gasteiger partial charge is 0.378 e. The number of carbonyl (C=O) groups excluding carboxylic acids is 1. The van der Waals surface area contributed by atoms with Crippen LogP contribution in [0.25, 0.3) is 10.9 Å². The van der Waals surface area contributed by atoms with E-state index in [1.807, 2.05) is 0 Å². The minimum atomic E-state index is -0.326. The topological polar surface area (TPSA) is 42.1 Å². The van der Waals surface area contributed by atoms with Gasteiger partial charge in [-0.1, -0.05) is 0 Å². The van der Waals surface area contributed by atoms with Gasteiger partial charge in [0.25, 0.3) is 0 Å². The molecule has 0 radical (unpaired) electrons. The minimum Gasteiger partial charge on any atom is -0.378 e. The van der Waals surface area contributed by atoms with Crippen molar-refractivity contribution in [3.63, 3.8) is 0 Å². The molecule has 94 valence electrons. The molecule has 1 N–H and O–H groups in total. The molecule has 0 bridgehead atoms. The summed E-state index contributed by atoms with van der Waals surface area (Å²) in [4.78, 5) is 15.2. The van der Waals surface area contributed by atoms with Gasteiger partial charge in [-0.3, -0.25) is 4.79 Å². The van der Waals surface area contributed by atoms with Gasteiger partial charge in [-0.15, -0.1) is 0 Å². The van der Waals surface area contributed by atoms with Crippen LogP contribution in [0.1, 0.15) is 29.6 Å². The number of H-pyrrole nitrogens is 1. The van der Waals surface area contributed by atoms with Gasteiger partial charge in [0.15, 0.2) is 5.78 Å². The van der Waals surface area contributed by atoms with Crippen LogP contribution < -0.4 is 0 Å². The third kappa shape index (κ3) is 2.04. The molecule has 4 heteroatoms. The number of carbonyl (C=O) groups is 1. The number of rotatable bonds is 3. The molecule has 18 heavy (non-hydrogen) atoms. The lowest BCUT2D eigenvalue weighted by Crippen LogP contribution is -2.12. The van der Waals surface area contributed by atoms with E-state index < -0.39 is 0 Å². The number of ketones is 1. The van der Waals surface area contributed by atoms with Gasteiger partial charge in [0.05, 0.1) is 6.10 Å². The Hall–Kier alpha value is -1.68. The summed E-state index contributed by atoms with van der Waals surface area (Å²) < 4.78 is 18.7. The Labute approximate surface area is 104 Å². The van der Waals surface area contributed by atoms with E-state index in [9.17, 15) is 9.18 Å². The number of halogens is 1. The average Bonchev–Trinajstić information content (AvgIpc) is 2.97. The second-order valence-corrected chi connectivity index (χ2v) is 4.65. The van der Waals surface area contributed by atoms with Crippen molar-refractivity contribution in [1.29, 1.82) is 0 Å². The van der Waals surface area contributed by atoms with E-state index in [0.29, 0.717) is 17.4 Å². The lowest BCUT2D eigenvalue weighted by Gasteiger charge is -2.07. The monoisotopic (exact) mass is 247 g/mol. The van der Waals surface area contributed by atoms with Crippen LogP contribution in [0.15, 0.2) is 24.4 Å². The summed E-state index contributed by atoms with van der Waals surface area (Å²) in [5.41, 5.74) is 1.34. The standard InChI is InChI=1S/C14H14FNO2/c15-9-3-4-13-11(6-9)12(8-16-13)14(17)7-10-2-1-5-18-10/h3-4,6,8,10,16H,1-2,5,7H2. The molecule has 3 rings (SSSR count). The quantitative estimate of drug-likeness (QED) is 0.847. The Morgan fingerprint density at radius 1 is 1.50 bits per heavy atom. The van der Waals surface area contributed by atoms with Crippen molar-refractivity contribution in [3.8, 4) is 0 Å². The Balaban J connectivity index is 1.88. The van der Waals surface area contributed by atoms with Gasteiger partial charge in [-0.25, -0.2) is 4.39 Å². The summed E-state index contributed by atoms with van der Waals surface area (Å²) in [5, 5.41) is 0.651. The molecule has 1 unspecified atom stereocenters. The second kappa shape index (κ2) is 4.53. The summed E-state index contributed by atoms with van der Waals surface area (Å²) in [6.07, 6.45) is 4.00. The van der Waals surface area contributed by atoms with Crippen molar-refractivity contribution in [2.24, 2.45) is 0 Å². The molecule has 0 amide bonds. The number of benzene rings is 1. The average molecular weight is 247 g/mol. The maximum atomic E-state index is 13.2. The van der Waals surface area contributed by atoms with Gasteiger partial charge >= 0.3 is 0 Å². The zero-order valence-electron chi connectivity index (χ0n) is 9.91. The van der Waals surface area contributed by atoms with Crippen LogP contribution in [0.3, 0.4) is 0 Å². The van der Waals surface area contributed by atoms with Gasteiger partial charge in [0, 0.05) is 35.7 Å². The van der Waals surface area contributed by atoms with E-state index in [0.717, 1.165) is 25.0 Å². The molecule has 1 fully saturated rings. The molecule has 1 atom stereocenters. The zero-order valence-corrected chi connectivity index (χ0v) is 9.91. The van der Waals surface area contributed by atoms with Crippen LogP contribution in [0.5, 0.6) is 0 Å². The molecule has 0 saturated carbocycles. The lowest BCUT2D eigenvalue weighted by molar-refractivity contribution is 0.0777. The first-order valence-electron chi connectivity index (χ1n) is 6.15. The van der Waals surface area contributed by atoms with Crippen molar-refractivity contribution >= 4 is 16.7 Å². The first-order valence-corrected chi connectivity index (χ1v) is 6.15. The fourth-order valence-corrected chi connectivity index (χ4v) is 2.45. The summed E-state index contributed by atoms with van der Waals surface area (Å²) in [6, 6.07) is 4.43. The Kier molecular flexibility index (Phi) is 2.88. The number of ether oxygens (including phenoxy) is 1. The van der Waals surface area contributed by atoms with Gasteiger partial charge in [0.2, 0.25) is 0 Å². The number of aromatic amines is 1. The Morgan fingerprint density at radius 2 is 2.39 bits per heavy atom. The van der Waals surface area contributed by atoms with E-state index in [4.69, 9.17) is 4.74 Å². The highest BCUT2D eigenvalue weighted by atomic mass is 19.1. The molecule has 1 aromatic carbocycles. The number of fused-ring (bicyclic) bond motifs is 1. The fourth-order valence-electron chi connectivity index (χ4n) is 2.45. The van der Waals surface area contributed by atoms with Gasteiger partial charge in [0.1, 0.15) is 5.82 Å². The maximum absolute atomic E-state index is 13.2. The van der Waals surface area contributed by atoms with Crippen LogP contribution in [0.2, 0.25) is 0 Å². The molecular formula is C14H14FNO2. The van der Waals surface area contributed by atoms with Crippen LogP contribution in [0, 0.1) is 5.82 Å². The van der Waals surface area contributed by atoms with Crippen molar-refractivity contribution < 1.29 is 13.9 Å². The molecule has 2 aromatic rings. The maximum Gasteiger partial charge on any atom is 0.167 e. The predicted octanol–water partition coefficient (Wildman–Crippen LogP) is 3.06. The molecule has 0 aliphatic carbocycles. The van der Waals surface area contributed by atoms with Crippen molar-refractivity contribution in [2.45, 2.75) is 25.4 Å². The molecule has 1 saturated heterocycles. The molecule has 1 aliphatic heterocycles. The molecular weight excluding hydrogens is 233 g/mol. The first kappa shape index (κ1) is 11.4. The second-order valence-electron chi connectivity index (χ2n) is 4.65. The summed E-state index contributed by atoms with van der Waals surface area (Å²) in [5.74, 6) is -0.313. The van der Waals surface area contributed by atoms with Crippen LogP contribution in [0.4, 0.5) is 4.39 Å². The zero-order chi connectivity index (χ0) is 12.5. The highest BCUT2D eigenvalue weighted by Gasteiger charge is 2.21. The van der Waals surface area contributed by atoms with Gasteiger partial charge < -0.3 is 9.72 Å². The smallest absolute Gasteiger partial charge is 0.167 e. The number of hydrogen-bond acceptors (Lipinski definition) is 2. The molecule has 1 aromatic heterocycles. The summed E-state index contributed by atoms with van der Waals surface area (Å²) >= 11 is 0. The number of nitrogens with one attached hydrogen (secondary N) is 1. The van der Waals surface area contributed by atoms with E-state index in [1.54, 1.807) is 12.3 Å². The lowest BCUT2D eigenvalue weighted by atomic mass is 10.0. The van der Waals surface area contributed by atoms with E-state index in [-0.39, 0.29) is 17.7 Å². The van der Waals surface area contributed by atoms with E-state index in [1.165, 1.54) is 12.1 Å². The number of aromatic nitrogens is 1. The van der Waals surface area contributed by atoms with Crippen LogP contribution in [-0.4, -0.2) is 23.5 Å². The highest BCUT2D eigenvalue weighted by Crippen LogP contribution is 2.23. The molecule has 3 nitrogen and oxygen atoms in total.